The molecule has 5 rings (SSSR count). The Morgan fingerprint density at radius 3 is 2.60 bits per heavy atom. The maximum Gasteiger partial charge on any atom is 0.338 e. The second-order valence-corrected chi connectivity index (χ2v) is 10.6. The third kappa shape index (κ3) is 4.85. The number of thiazole rings is 1. The summed E-state index contributed by atoms with van der Waals surface area (Å²) in [6.45, 7) is 9.00. The molecule has 1 atom stereocenters. The molecule has 0 aliphatic carbocycles. The van der Waals surface area contributed by atoms with E-state index in [0.717, 1.165) is 23.4 Å². The average Bonchev–Trinajstić information content (AvgIpc) is 3.43. The Balaban J connectivity index is 1.78. The van der Waals surface area contributed by atoms with Gasteiger partial charge in [0.1, 0.15) is 11.1 Å². The number of carbonyl (C=O) groups is 3. The van der Waals surface area contributed by atoms with Crippen LogP contribution >= 0.6 is 11.3 Å². The Morgan fingerprint density at radius 1 is 1.14 bits per heavy atom. The van der Waals surface area contributed by atoms with Gasteiger partial charge in [-0.1, -0.05) is 55.2 Å². The van der Waals surface area contributed by atoms with E-state index in [4.69, 9.17) is 14.2 Å². The number of hydrogen-bond donors (Lipinski definition) is 0. The smallest absolute Gasteiger partial charge is 0.338 e. The molecular formula is C31H29N3O7S. The van der Waals surface area contributed by atoms with E-state index in [-0.39, 0.29) is 34.1 Å². The molecular weight excluding hydrogens is 558 g/mol. The van der Waals surface area contributed by atoms with Gasteiger partial charge in [0, 0.05) is 19.0 Å². The number of nitrogens with zero attached hydrogens (tertiary/aromatic N) is 3. The van der Waals surface area contributed by atoms with Crippen LogP contribution < -0.4 is 29.3 Å². The standard InChI is InChI=1S/C31H29N3O7S/c1-6-14-33-21-11-9-8-10-20(21)25(28(33)36)27-29(37)34-26(19-12-13-22(41-18(4)35)23(16-19)39-5)24(30(38)40-15-7-2)17(3)32-31(34)42-27/h7-13,16,26H,2,6,14-15H2,1,3-5H3. The third-order valence-electron chi connectivity index (χ3n) is 6.90. The van der Waals surface area contributed by atoms with Gasteiger partial charge in [-0.2, -0.15) is 0 Å². The quantitative estimate of drug-likeness (QED) is 0.226. The first kappa shape index (κ1) is 28.7. The number of carbonyl (C=O) groups excluding carboxylic acids is 3. The molecule has 2 aromatic carbocycles. The maximum atomic E-state index is 14.3. The number of allylic oxidation sites excluding steroid dienone is 1. The summed E-state index contributed by atoms with van der Waals surface area (Å²) in [5, 5.41) is 0. The number of methoxy groups -OCH3 is 1. The van der Waals surface area contributed by atoms with Crippen molar-refractivity contribution in [3.05, 3.63) is 97.2 Å². The van der Waals surface area contributed by atoms with Crippen molar-refractivity contribution in [2.45, 2.75) is 33.2 Å². The minimum Gasteiger partial charge on any atom is -0.493 e. The van der Waals surface area contributed by atoms with Gasteiger partial charge >= 0.3 is 11.9 Å². The number of rotatable bonds is 8. The lowest BCUT2D eigenvalue weighted by Crippen LogP contribution is -2.41. The van der Waals surface area contributed by atoms with Crippen molar-refractivity contribution in [2.75, 3.05) is 25.2 Å². The number of anilines is 1. The topological polar surface area (TPSA) is 117 Å². The molecule has 0 spiro atoms. The number of ether oxygens (including phenoxy) is 3. The second-order valence-electron chi connectivity index (χ2n) is 9.64. The fraction of sp³-hybridized carbons (Fsp3) is 0.258. The second kappa shape index (κ2) is 11.6. The lowest BCUT2D eigenvalue weighted by Gasteiger charge is -2.25. The van der Waals surface area contributed by atoms with E-state index in [2.05, 4.69) is 11.6 Å². The molecule has 0 N–H and O–H groups in total. The highest BCUT2D eigenvalue weighted by Gasteiger charge is 2.37. The predicted molar refractivity (Wildman–Crippen MR) is 157 cm³/mol. The molecule has 0 fully saturated rings. The van der Waals surface area contributed by atoms with Gasteiger partial charge < -0.3 is 19.1 Å². The predicted octanol–water partition coefficient (Wildman–Crippen LogP) is 3.03. The molecule has 0 saturated heterocycles. The van der Waals surface area contributed by atoms with Gasteiger partial charge in [-0.05, 0) is 37.1 Å². The van der Waals surface area contributed by atoms with Gasteiger partial charge in [0.15, 0.2) is 16.3 Å². The zero-order valence-electron chi connectivity index (χ0n) is 23.6. The van der Waals surface area contributed by atoms with Crippen molar-refractivity contribution in [2.24, 2.45) is 4.99 Å². The summed E-state index contributed by atoms with van der Waals surface area (Å²) < 4.78 is 17.8. The van der Waals surface area contributed by atoms with Crippen molar-refractivity contribution in [1.82, 2.24) is 4.57 Å². The molecule has 0 radical (unpaired) electrons. The van der Waals surface area contributed by atoms with Crippen LogP contribution in [0.5, 0.6) is 11.5 Å². The Morgan fingerprint density at radius 2 is 1.90 bits per heavy atom. The van der Waals surface area contributed by atoms with Crippen molar-refractivity contribution >= 4 is 40.4 Å². The van der Waals surface area contributed by atoms with Crippen molar-refractivity contribution < 1.29 is 28.6 Å². The van der Waals surface area contributed by atoms with Crippen LogP contribution in [0.3, 0.4) is 0 Å². The Labute approximate surface area is 245 Å². The molecule has 2 aliphatic rings. The molecule has 1 unspecified atom stereocenters. The average molecular weight is 588 g/mol. The molecule has 2 aliphatic heterocycles. The fourth-order valence-corrected chi connectivity index (χ4v) is 6.34. The van der Waals surface area contributed by atoms with Gasteiger partial charge in [0.25, 0.3) is 11.5 Å². The fourth-order valence-electron chi connectivity index (χ4n) is 5.20. The van der Waals surface area contributed by atoms with Crippen LogP contribution in [-0.4, -0.2) is 42.7 Å². The summed E-state index contributed by atoms with van der Waals surface area (Å²) in [7, 11) is 1.42. The highest BCUT2D eigenvalue weighted by molar-refractivity contribution is 7.07. The molecule has 10 nitrogen and oxygen atoms in total. The Hall–Kier alpha value is -4.77. The van der Waals surface area contributed by atoms with E-state index < -0.39 is 23.5 Å². The normalized spacial score (nSPS) is 16.9. The van der Waals surface area contributed by atoms with Crippen LogP contribution in [0.2, 0.25) is 0 Å². The molecule has 216 valence electrons. The number of benzene rings is 2. The largest absolute Gasteiger partial charge is 0.493 e. The van der Waals surface area contributed by atoms with E-state index in [9.17, 15) is 19.2 Å². The number of esters is 2. The summed E-state index contributed by atoms with van der Waals surface area (Å²) in [6.07, 6.45) is 2.19. The summed E-state index contributed by atoms with van der Waals surface area (Å²) in [6, 6.07) is 11.2. The SMILES string of the molecule is C=CCOC(=O)C1=C(C)N=c2sc(=C3C(=O)N(CCC)c4ccccc43)c(=O)n2C1c1ccc(OC(C)=O)c(OC)c1. The number of aromatic nitrogens is 1. The lowest BCUT2D eigenvalue weighted by molar-refractivity contribution is -0.138. The summed E-state index contributed by atoms with van der Waals surface area (Å²) >= 11 is 1.10. The zero-order chi connectivity index (χ0) is 30.1. The molecule has 1 amide bonds. The Kier molecular flexibility index (Phi) is 7.95. The van der Waals surface area contributed by atoms with Gasteiger partial charge in [0.05, 0.1) is 35.7 Å². The van der Waals surface area contributed by atoms with Crippen molar-refractivity contribution in [3.63, 3.8) is 0 Å². The van der Waals surface area contributed by atoms with E-state index in [1.165, 1.54) is 30.7 Å². The highest BCUT2D eigenvalue weighted by atomic mass is 32.1. The van der Waals surface area contributed by atoms with E-state index in [1.54, 1.807) is 24.0 Å². The van der Waals surface area contributed by atoms with E-state index in [0.29, 0.717) is 33.7 Å². The van der Waals surface area contributed by atoms with Crippen molar-refractivity contribution in [3.8, 4) is 11.5 Å². The molecule has 11 heteroatoms. The van der Waals surface area contributed by atoms with Crippen LogP contribution in [0.25, 0.3) is 5.57 Å². The number of fused-ring (bicyclic) bond motifs is 2. The third-order valence-corrected chi connectivity index (χ3v) is 7.96. The molecule has 3 heterocycles. The Bertz CT molecular complexity index is 1850. The first-order valence-electron chi connectivity index (χ1n) is 13.3. The number of amides is 1. The van der Waals surface area contributed by atoms with Crippen LogP contribution in [0.1, 0.15) is 44.4 Å². The first-order chi connectivity index (χ1) is 20.2. The van der Waals surface area contributed by atoms with Crippen molar-refractivity contribution in [1.29, 1.82) is 0 Å². The van der Waals surface area contributed by atoms with E-state index in [1.807, 2.05) is 31.2 Å². The minimum atomic E-state index is -0.966. The molecule has 0 saturated carbocycles. The summed E-state index contributed by atoms with van der Waals surface area (Å²) in [5.74, 6) is -1.04. The molecule has 1 aromatic heterocycles. The van der Waals surface area contributed by atoms with Crippen LogP contribution in [0.4, 0.5) is 5.69 Å². The van der Waals surface area contributed by atoms with Crippen LogP contribution in [0.15, 0.2) is 76.2 Å². The van der Waals surface area contributed by atoms with Gasteiger partial charge in [0.2, 0.25) is 0 Å². The molecule has 0 bridgehead atoms. The van der Waals surface area contributed by atoms with E-state index >= 15 is 0 Å². The van der Waals surface area contributed by atoms with Gasteiger partial charge in [-0.15, -0.1) is 0 Å². The number of hydrogen-bond acceptors (Lipinski definition) is 9. The lowest BCUT2D eigenvalue weighted by atomic mass is 9.95. The van der Waals surface area contributed by atoms with Crippen LogP contribution in [-0.2, 0) is 19.1 Å². The van der Waals surface area contributed by atoms with Gasteiger partial charge in [-0.3, -0.25) is 19.0 Å². The minimum absolute atomic E-state index is 0.0375. The zero-order valence-corrected chi connectivity index (χ0v) is 24.4. The number of para-hydroxylation sites is 1. The van der Waals surface area contributed by atoms with Gasteiger partial charge in [-0.25, -0.2) is 9.79 Å². The molecule has 42 heavy (non-hydrogen) atoms. The monoisotopic (exact) mass is 587 g/mol. The maximum absolute atomic E-state index is 14.3. The summed E-state index contributed by atoms with van der Waals surface area (Å²) in [4.78, 5) is 59.6. The summed E-state index contributed by atoms with van der Waals surface area (Å²) in [5.41, 5.74) is 2.26. The van der Waals surface area contributed by atoms with Crippen LogP contribution in [0, 0.1) is 0 Å². The first-order valence-corrected chi connectivity index (χ1v) is 14.1. The highest BCUT2D eigenvalue weighted by Crippen LogP contribution is 2.37. The molecule has 3 aromatic rings.